The van der Waals surface area contributed by atoms with Crippen molar-refractivity contribution < 1.29 is 19.1 Å². The lowest BCUT2D eigenvalue weighted by molar-refractivity contribution is -0.126. The van der Waals surface area contributed by atoms with Gasteiger partial charge in [-0.1, -0.05) is 12.1 Å². The molecule has 0 aliphatic carbocycles. The summed E-state index contributed by atoms with van der Waals surface area (Å²) in [5.74, 6) is 0.630. The minimum Gasteiger partial charge on any atom is -0.454 e. The van der Waals surface area contributed by atoms with Gasteiger partial charge in [-0.2, -0.15) is 4.99 Å². The summed E-state index contributed by atoms with van der Waals surface area (Å²) in [7, 11) is 0. The van der Waals surface area contributed by atoms with E-state index in [0.717, 1.165) is 0 Å². The highest BCUT2D eigenvalue weighted by atomic mass is 16.7. The monoisotopic (exact) mass is 294 g/mol. The van der Waals surface area contributed by atoms with Crippen LogP contribution in [0.4, 0.5) is 0 Å². The first kappa shape index (κ1) is 12.6. The normalized spacial score (nSPS) is 20.5. The van der Waals surface area contributed by atoms with Crippen LogP contribution >= 0.6 is 0 Å². The van der Waals surface area contributed by atoms with Crippen molar-refractivity contribution >= 4 is 23.7 Å². The highest BCUT2D eigenvalue weighted by Gasteiger charge is 2.31. The van der Waals surface area contributed by atoms with Crippen LogP contribution in [0.2, 0.25) is 0 Å². The van der Waals surface area contributed by atoms with Gasteiger partial charge in [0, 0.05) is 6.20 Å². The minimum absolute atomic E-state index is 0.0163. The number of allylic oxidation sites excluding steroid dienone is 2. The number of hydrogen-bond acceptors (Lipinski definition) is 4. The van der Waals surface area contributed by atoms with Crippen molar-refractivity contribution in [3.63, 3.8) is 0 Å². The molecule has 108 valence electrons. The summed E-state index contributed by atoms with van der Waals surface area (Å²) in [5.41, 5.74) is 0.693. The Hall–Kier alpha value is -3.15. The van der Waals surface area contributed by atoms with Crippen molar-refractivity contribution in [3.05, 3.63) is 53.8 Å². The number of benzene rings is 1. The molecular weight excluding hydrogens is 284 g/mol. The van der Waals surface area contributed by atoms with Crippen molar-refractivity contribution in [3.8, 4) is 11.5 Å². The van der Waals surface area contributed by atoms with Crippen LogP contribution in [0.15, 0.2) is 53.2 Å². The van der Waals surface area contributed by atoms with E-state index < -0.39 is 11.8 Å². The maximum Gasteiger partial charge on any atom is 0.284 e. The summed E-state index contributed by atoms with van der Waals surface area (Å²) >= 11 is 0. The molecule has 0 saturated carbocycles. The van der Waals surface area contributed by atoms with E-state index in [0.29, 0.717) is 22.9 Å². The zero-order chi connectivity index (χ0) is 15.1. The molecule has 3 aliphatic heterocycles. The molecule has 2 amide bonds. The van der Waals surface area contributed by atoms with Gasteiger partial charge in [-0.3, -0.25) is 14.5 Å². The Bertz CT molecular complexity index is 817. The van der Waals surface area contributed by atoms with Gasteiger partial charge in [0.1, 0.15) is 11.4 Å². The van der Waals surface area contributed by atoms with Gasteiger partial charge in [-0.15, -0.1) is 0 Å². The number of ether oxygens (including phenoxy) is 2. The Kier molecular flexibility index (Phi) is 2.69. The molecule has 0 fully saturated rings. The fraction of sp³-hybridized carbons (Fsp3) is 0.0625. The molecule has 0 bridgehead atoms. The van der Waals surface area contributed by atoms with Gasteiger partial charge in [-0.25, -0.2) is 0 Å². The average Bonchev–Trinajstić information content (AvgIpc) is 2.99. The van der Waals surface area contributed by atoms with Gasteiger partial charge < -0.3 is 9.47 Å². The minimum atomic E-state index is -0.547. The molecule has 0 N–H and O–H groups in total. The number of carbonyl (C=O) groups excluding carboxylic acids is 2. The summed E-state index contributed by atoms with van der Waals surface area (Å²) in [4.78, 5) is 29.8. The van der Waals surface area contributed by atoms with E-state index in [1.54, 1.807) is 42.6 Å². The van der Waals surface area contributed by atoms with Crippen LogP contribution < -0.4 is 9.47 Å². The van der Waals surface area contributed by atoms with Crippen molar-refractivity contribution in [2.75, 3.05) is 6.79 Å². The summed E-state index contributed by atoms with van der Waals surface area (Å²) in [6, 6.07) is 5.22. The number of rotatable bonds is 1. The second kappa shape index (κ2) is 4.70. The second-order valence-corrected chi connectivity index (χ2v) is 4.82. The third kappa shape index (κ3) is 1.93. The van der Waals surface area contributed by atoms with Crippen LogP contribution in [0.25, 0.3) is 6.08 Å². The van der Waals surface area contributed by atoms with Crippen LogP contribution in [0, 0.1) is 0 Å². The van der Waals surface area contributed by atoms with Crippen LogP contribution in [0.5, 0.6) is 11.5 Å². The first-order valence-corrected chi connectivity index (χ1v) is 6.65. The van der Waals surface area contributed by atoms with Crippen LogP contribution in [0.1, 0.15) is 5.56 Å². The number of nitrogens with zero attached hydrogens (tertiary/aromatic N) is 2. The standard InChI is InChI=1S/C16H10N2O4/c19-15-11(16(20)18-6-2-1-3-14(18)17-15)7-10-4-5-12-13(8-10)22-9-21-12/h1-8H,9H2. The molecule has 3 aliphatic rings. The molecule has 1 aromatic rings. The van der Waals surface area contributed by atoms with Gasteiger partial charge >= 0.3 is 0 Å². The topological polar surface area (TPSA) is 68.2 Å². The second-order valence-electron chi connectivity index (χ2n) is 4.82. The highest BCUT2D eigenvalue weighted by molar-refractivity contribution is 6.32. The van der Waals surface area contributed by atoms with E-state index in [2.05, 4.69) is 4.99 Å². The van der Waals surface area contributed by atoms with Crippen LogP contribution in [-0.2, 0) is 9.59 Å². The van der Waals surface area contributed by atoms with Crippen molar-refractivity contribution in [2.24, 2.45) is 4.99 Å². The van der Waals surface area contributed by atoms with E-state index in [1.165, 1.54) is 11.0 Å². The van der Waals surface area contributed by atoms with Gasteiger partial charge in [0.2, 0.25) is 6.79 Å². The quantitative estimate of drug-likeness (QED) is 0.583. The first-order chi connectivity index (χ1) is 10.7. The fourth-order valence-electron chi connectivity index (χ4n) is 2.38. The zero-order valence-electron chi connectivity index (χ0n) is 11.4. The largest absolute Gasteiger partial charge is 0.454 e. The van der Waals surface area contributed by atoms with E-state index in [4.69, 9.17) is 9.47 Å². The fourth-order valence-corrected chi connectivity index (χ4v) is 2.38. The molecule has 6 heteroatoms. The number of carbonyl (C=O) groups is 2. The molecule has 0 spiro atoms. The van der Waals surface area contributed by atoms with E-state index in [9.17, 15) is 9.59 Å². The Morgan fingerprint density at radius 3 is 2.91 bits per heavy atom. The van der Waals surface area contributed by atoms with Crippen LogP contribution in [-0.4, -0.2) is 29.3 Å². The number of hydrogen-bond donors (Lipinski definition) is 0. The van der Waals surface area contributed by atoms with Gasteiger partial charge in [0.15, 0.2) is 11.5 Å². The van der Waals surface area contributed by atoms with E-state index in [-0.39, 0.29) is 12.4 Å². The predicted molar refractivity (Wildman–Crippen MR) is 78.1 cm³/mol. The number of amides is 2. The van der Waals surface area contributed by atoms with E-state index >= 15 is 0 Å². The average molecular weight is 294 g/mol. The third-order valence-electron chi connectivity index (χ3n) is 3.44. The van der Waals surface area contributed by atoms with Gasteiger partial charge in [-0.05, 0) is 35.9 Å². The Balaban J connectivity index is 1.74. The molecule has 4 rings (SSSR count). The first-order valence-electron chi connectivity index (χ1n) is 6.65. The molecule has 0 atom stereocenters. The molecule has 22 heavy (non-hydrogen) atoms. The summed E-state index contributed by atoms with van der Waals surface area (Å²) in [6.07, 6.45) is 8.15. The molecular formula is C16H10N2O4. The SMILES string of the molecule is O=C1N=C2C=CC=CN2C(=O)C1=Cc1ccc2c(c1)OCO2. The Morgan fingerprint density at radius 2 is 2.00 bits per heavy atom. The molecule has 0 unspecified atom stereocenters. The third-order valence-corrected chi connectivity index (χ3v) is 3.44. The molecule has 3 heterocycles. The molecule has 0 radical (unpaired) electrons. The van der Waals surface area contributed by atoms with E-state index in [1.807, 2.05) is 0 Å². The lowest BCUT2D eigenvalue weighted by Gasteiger charge is -2.24. The molecule has 6 nitrogen and oxygen atoms in total. The maximum atomic E-state index is 12.4. The Morgan fingerprint density at radius 1 is 1.14 bits per heavy atom. The number of aliphatic imine (C=N–C) groups is 1. The van der Waals surface area contributed by atoms with Gasteiger partial charge in [0.05, 0.1) is 0 Å². The Labute approximate surface area is 125 Å². The van der Waals surface area contributed by atoms with Crippen molar-refractivity contribution in [1.82, 2.24) is 4.90 Å². The lowest BCUT2D eigenvalue weighted by atomic mass is 10.1. The number of fused-ring (bicyclic) bond motifs is 2. The predicted octanol–water partition coefficient (Wildman–Crippen LogP) is 1.65. The molecule has 0 aromatic heterocycles. The van der Waals surface area contributed by atoms with Crippen LogP contribution in [0.3, 0.4) is 0 Å². The smallest absolute Gasteiger partial charge is 0.284 e. The van der Waals surface area contributed by atoms with Crippen molar-refractivity contribution in [1.29, 1.82) is 0 Å². The van der Waals surface area contributed by atoms with Gasteiger partial charge in [0.25, 0.3) is 11.8 Å². The number of amidine groups is 1. The lowest BCUT2D eigenvalue weighted by Crippen LogP contribution is -2.39. The maximum absolute atomic E-state index is 12.4. The summed E-state index contributed by atoms with van der Waals surface area (Å²) in [5, 5.41) is 0. The molecule has 0 saturated heterocycles. The summed E-state index contributed by atoms with van der Waals surface area (Å²) in [6.45, 7) is 0.172. The zero-order valence-corrected chi connectivity index (χ0v) is 11.4. The highest BCUT2D eigenvalue weighted by Crippen LogP contribution is 2.33. The molecule has 1 aromatic carbocycles. The van der Waals surface area contributed by atoms with Crippen molar-refractivity contribution in [2.45, 2.75) is 0 Å². The summed E-state index contributed by atoms with van der Waals surface area (Å²) < 4.78 is 10.5.